The van der Waals surface area contributed by atoms with Gasteiger partial charge in [0.2, 0.25) is 5.91 Å². The molecule has 1 amide bonds. The summed E-state index contributed by atoms with van der Waals surface area (Å²) in [4.78, 5) is 12.1. The van der Waals surface area contributed by atoms with Crippen LogP contribution in [0.2, 0.25) is 0 Å². The van der Waals surface area contributed by atoms with Crippen LogP contribution in [-0.4, -0.2) is 22.3 Å². The first-order chi connectivity index (χ1) is 11.9. The molecule has 0 spiro atoms. The van der Waals surface area contributed by atoms with Crippen LogP contribution in [-0.2, 0) is 4.79 Å². The third kappa shape index (κ3) is 5.38. The van der Waals surface area contributed by atoms with E-state index in [-0.39, 0.29) is 11.8 Å². The molecule has 2 aromatic rings. The fourth-order valence-corrected chi connectivity index (χ4v) is 2.50. The van der Waals surface area contributed by atoms with E-state index < -0.39 is 12.5 Å². The standard InChI is InChI=1S/C17H18BrF2N3O2/c1-3-11(2)23-15(8-9-21-23)22-16(24)7-4-12-10-13(18)5-6-14(12)25-17(19)20/h4-11,17H,3H2,1-2H3,(H,22,24)/b7-4+. The number of amides is 1. The maximum Gasteiger partial charge on any atom is 0.387 e. The highest BCUT2D eigenvalue weighted by Gasteiger charge is 2.11. The molecule has 1 atom stereocenters. The zero-order valence-electron chi connectivity index (χ0n) is 13.7. The Kier molecular flexibility index (Phi) is 6.69. The molecular formula is C17H18BrF2N3O2. The molecule has 0 bridgehead atoms. The maximum absolute atomic E-state index is 12.5. The van der Waals surface area contributed by atoms with E-state index in [4.69, 9.17) is 0 Å². The number of hydrogen-bond donors (Lipinski definition) is 1. The van der Waals surface area contributed by atoms with Gasteiger partial charge in [0.25, 0.3) is 0 Å². The van der Waals surface area contributed by atoms with Gasteiger partial charge in [0, 0.05) is 22.2 Å². The van der Waals surface area contributed by atoms with Gasteiger partial charge in [-0.25, -0.2) is 4.68 Å². The quantitative estimate of drug-likeness (QED) is 0.658. The minimum atomic E-state index is -2.94. The van der Waals surface area contributed by atoms with Crippen molar-refractivity contribution in [3.8, 4) is 5.75 Å². The predicted octanol–water partition coefficient (Wildman–Crippen LogP) is 4.87. The van der Waals surface area contributed by atoms with Crippen molar-refractivity contribution >= 4 is 33.7 Å². The van der Waals surface area contributed by atoms with E-state index in [1.807, 2.05) is 13.8 Å². The molecule has 1 heterocycles. The minimum Gasteiger partial charge on any atom is -0.434 e. The minimum absolute atomic E-state index is 0.00750. The number of benzene rings is 1. The summed E-state index contributed by atoms with van der Waals surface area (Å²) in [5.41, 5.74) is 0.361. The fraction of sp³-hybridized carbons (Fsp3) is 0.294. The van der Waals surface area contributed by atoms with Crippen molar-refractivity contribution in [3.05, 3.63) is 46.6 Å². The summed E-state index contributed by atoms with van der Waals surface area (Å²) in [6.45, 7) is 1.08. The number of halogens is 3. The highest BCUT2D eigenvalue weighted by Crippen LogP contribution is 2.26. The lowest BCUT2D eigenvalue weighted by molar-refractivity contribution is -0.111. The van der Waals surface area contributed by atoms with E-state index in [0.717, 1.165) is 6.42 Å². The van der Waals surface area contributed by atoms with Crippen LogP contribution in [0.5, 0.6) is 5.75 Å². The number of aromatic nitrogens is 2. The number of hydrogen-bond acceptors (Lipinski definition) is 3. The molecule has 1 aromatic heterocycles. The first-order valence-electron chi connectivity index (χ1n) is 7.67. The predicted molar refractivity (Wildman–Crippen MR) is 95.7 cm³/mol. The second kappa shape index (κ2) is 8.75. The highest BCUT2D eigenvalue weighted by atomic mass is 79.9. The van der Waals surface area contributed by atoms with Crippen molar-refractivity contribution in [1.29, 1.82) is 0 Å². The van der Waals surface area contributed by atoms with E-state index >= 15 is 0 Å². The second-order valence-corrected chi connectivity index (χ2v) is 6.22. The van der Waals surface area contributed by atoms with Crippen LogP contribution in [0.15, 0.2) is 41.0 Å². The highest BCUT2D eigenvalue weighted by molar-refractivity contribution is 9.10. The number of ether oxygens (including phenoxy) is 1. The molecule has 0 aliphatic carbocycles. The van der Waals surface area contributed by atoms with Gasteiger partial charge >= 0.3 is 6.61 Å². The van der Waals surface area contributed by atoms with E-state index in [0.29, 0.717) is 15.9 Å². The molecule has 5 nitrogen and oxygen atoms in total. The van der Waals surface area contributed by atoms with Gasteiger partial charge in [0.15, 0.2) is 0 Å². The number of nitrogens with zero attached hydrogens (tertiary/aromatic N) is 2. The van der Waals surface area contributed by atoms with Gasteiger partial charge in [-0.05, 0) is 37.6 Å². The van der Waals surface area contributed by atoms with Gasteiger partial charge in [-0.15, -0.1) is 0 Å². The van der Waals surface area contributed by atoms with Gasteiger partial charge in [0.05, 0.1) is 12.2 Å². The van der Waals surface area contributed by atoms with Crippen molar-refractivity contribution < 1.29 is 18.3 Å². The smallest absolute Gasteiger partial charge is 0.387 e. The van der Waals surface area contributed by atoms with E-state index in [1.165, 1.54) is 18.2 Å². The Bertz CT molecular complexity index is 762. The van der Waals surface area contributed by atoms with Crippen LogP contribution >= 0.6 is 15.9 Å². The van der Waals surface area contributed by atoms with Crippen LogP contribution < -0.4 is 10.1 Å². The van der Waals surface area contributed by atoms with Gasteiger partial charge in [0.1, 0.15) is 11.6 Å². The van der Waals surface area contributed by atoms with Crippen molar-refractivity contribution in [1.82, 2.24) is 9.78 Å². The molecule has 134 valence electrons. The van der Waals surface area contributed by atoms with Crippen LogP contribution in [0.4, 0.5) is 14.6 Å². The van der Waals surface area contributed by atoms with Gasteiger partial charge < -0.3 is 10.1 Å². The zero-order valence-corrected chi connectivity index (χ0v) is 15.3. The molecule has 0 radical (unpaired) electrons. The Balaban J connectivity index is 2.13. The Morgan fingerprint density at radius 3 is 2.88 bits per heavy atom. The average molecular weight is 414 g/mol. The molecule has 0 fully saturated rings. The number of carbonyl (C=O) groups excluding carboxylic acids is 1. The van der Waals surface area contributed by atoms with Crippen LogP contribution in [0.25, 0.3) is 6.08 Å². The largest absolute Gasteiger partial charge is 0.434 e. The zero-order chi connectivity index (χ0) is 18.4. The summed E-state index contributed by atoms with van der Waals surface area (Å²) in [6.07, 6.45) is 5.15. The van der Waals surface area contributed by atoms with Crippen LogP contribution in [0.1, 0.15) is 31.9 Å². The molecule has 0 aliphatic heterocycles. The normalized spacial score (nSPS) is 12.6. The fourth-order valence-electron chi connectivity index (χ4n) is 2.12. The second-order valence-electron chi connectivity index (χ2n) is 5.30. The van der Waals surface area contributed by atoms with Gasteiger partial charge in [-0.3, -0.25) is 4.79 Å². The number of carbonyl (C=O) groups is 1. The van der Waals surface area contributed by atoms with E-state index in [9.17, 15) is 13.6 Å². The SMILES string of the molecule is CCC(C)n1nccc1NC(=O)/C=C/c1cc(Br)ccc1OC(F)F. The summed E-state index contributed by atoms with van der Waals surface area (Å²) < 4.78 is 31.8. The molecule has 1 N–H and O–H groups in total. The summed E-state index contributed by atoms with van der Waals surface area (Å²) >= 11 is 3.26. The Morgan fingerprint density at radius 1 is 1.44 bits per heavy atom. The summed E-state index contributed by atoms with van der Waals surface area (Å²) in [5.74, 6) is 0.169. The third-order valence-corrected chi connectivity index (χ3v) is 4.03. The summed E-state index contributed by atoms with van der Waals surface area (Å²) in [5, 5.41) is 6.91. The topological polar surface area (TPSA) is 56.2 Å². The Morgan fingerprint density at radius 2 is 2.20 bits per heavy atom. The molecule has 1 unspecified atom stereocenters. The summed E-state index contributed by atoms with van der Waals surface area (Å²) in [6, 6.07) is 6.42. The lowest BCUT2D eigenvalue weighted by atomic mass is 10.2. The van der Waals surface area contributed by atoms with Crippen molar-refractivity contribution in [2.24, 2.45) is 0 Å². The monoisotopic (exact) mass is 413 g/mol. The molecule has 8 heteroatoms. The van der Waals surface area contributed by atoms with E-state index in [2.05, 4.69) is 31.1 Å². The molecule has 2 rings (SSSR count). The van der Waals surface area contributed by atoms with E-state index in [1.54, 1.807) is 29.1 Å². The van der Waals surface area contributed by atoms with Crippen molar-refractivity contribution in [2.75, 3.05) is 5.32 Å². The molecule has 1 aromatic carbocycles. The Labute approximate surface area is 152 Å². The lowest BCUT2D eigenvalue weighted by Gasteiger charge is -2.13. The number of nitrogens with one attached hydrogen (secondary N) is 1. The molecule has 25 heavy (non-hydrogen) atoms. The molecule has 0 saturated heterocycles. The van der Waals surface area contributed by atoms with Gasteiger partial charge in [-0.1, -0.05) is 22.9 Å². The number of alkyl halides is 2. The third-order valence-electron chi connectivity index (χ3n) is 3.53. The number of rotatable bonds is 7. The maximum atomic E-state index is 12.5. The average Bonchev–Trinajstić information content (AvgIpc) is 3.02. The first kappa shape index (κ1) is 19.1. The summed E-state index contributed by atoms with van der Waals surface area (Å²) in [7, 11) is 0. The van der Waals surface area contributed by atoms with Gasteiger partial charge in [-0.2, -0.15) is 13.9 Å². The molecule has 0 saturated carbocycles. The molecular weight excluding hydrogens is 396 g/mol. The lowest BCUT2D eigenvalue weighted by Crippen LogP contribution is -2.15. The Hall–Kier alpha value is -2.22. The first-order valence-corrected chi connectivity index (χ1v) is 8.47. The molecule has 0 aliphatic rings. The van der Waals surface area contributed by atoms with Crippen molar-refractivity contribution in [2.45, 2.75) is 32.9 Å². The van der Waals surface area contributed by atoms with Crippen LogP contribution in [0, 0.1) is 0 Å². The van der Waals surface area contributed by atoms with Crippen LogP contribution in [0.3, 0.4) is 0 Å². The number of anilines is 1. The van der Waals surface area contributed by atoms with Crippen molar-refractivity contribution in [3.63, 3.8) is 0 Å².